The average Bonchev–Trinajstić information content (AvgIpc) is 2.40. The highest BCUT2D eigenvalue weighted by molar-refractivity contribution is 6.30. The summed E-state index contributed by atoms with van der Waals surface area (Å²) in [5.74, 6) is -0.674. The highest BCUT2D eigenvalue weighted by Gasteiger charge is 2.09. The van der Waals surface area contributed by atoms with Crippen LogP contribution >= 0.6 is 11.6 Å². The van der Waals surface area contributed by atoms with E-state index >= 15 is 0 Å². The Balaban J connectivity index is 2.02. The van der Waals surface area contributed by atoms with Gasteiger partial charge in [0.25, 0.3) is 0 Å². The van der Waals surface area contributed by atoms with Gasteiger partial charge in [-0.25, -0.2) is 8.78 Å². The molecule has 0 heterocycles. The maximum Gasteiger partial charge on any atom is 0.141 e. The molecule has 0 unspecified atom stereocenters. The summed E-state index contributed by atoms with van der Waals surface area (Å²) in [5, 5.41) is 3.28. The van der Waals surface area contributed by atoms with Crippen molar-refractivity contribution in [2.24, 2.45) is 0 Å². The van der Waals surface area contributed by atoms with Gasteiger partial charge in [-0.3, -0.25) is 0 Å². The second kappa shape index (κ2) is 6.13. The summed E-state index contributed by atoms with van der Waals surface area (Å²) in [4.78, 5) is 0. The molecule has 0 radical (unpaired) electrons. The molecule has 0 aromatic heterocycles. The van der Waals surface area contributed by atoms with Gasteiger partial charge in [0.15, 0.2) is 0 Å². The Kier molecular flexibility index (Phi) is 4.51. The van der Waals surface area contributed by atoms with Crippen LogP contribution in [0.4, 0.5) is 8.78 Å². The molecule has 2 rings (SSSR count). The van der Waals surface area contributed by atoms with Crippen LogP contribution in [0, 0.1) is 11.6 Å². The van der Waals surface area contributed by atoms with E-state index < -0.39 is 5.82 Å². The first kappa shape index (κ1) is 14.0. The van der Waals surface area contributed by atoms with Gasteiger partial charge in [-0.05, 0) is 30.7 Å². The van der Waals surface area contributed by atoms with Gasteiger partial charge in [-0.1, -0.05) is 35.9 Å². The van der Waals surface area contributed by atoms with Crippen molar-refractivity contribution in [3.05, 3.63) is 70.2 Å². The van der Waals surface area contributed by atoms with Crippen LogP contribution in [0.5, 0.6) is 0 Å². The molecule has 1 N–H and O–H groups in total. The van der Waals surface area contributed by atoms with Gasteiger partial charge >= 0.3 is 0 Å². The van der Waals surface area contributed by atoms with Crippen molar-refractivity contribution in [3.63, 3.8) is 0 Å². The normalized spacial score (nSPS) is 12.4. The molecule has 0 bridgehead atoms. The fourth-order valence-corrected chi connectivity index (χ4v) is 2.06. The third kappa shape index (κ3) is 3.52. The summed E-state index contributed by atoms with van der Waals surface area (Å²) in [6.45, 7) is 2.37. The lowest BCUT2D eigenvalue weighted by molar-refractivity contribution is 0.528. The summed E-state index contributed by atoms with van der Waals surface area (Å²) in [5.41, 5.74) is 1.46. The van der Waals surface area contributed by atoms with E-state index in [-0.39, 0.29) is 16.9 Å². The Morgan fingerprint density at radius 2 is 1.84 bits per heavy atom. The number of hydrogen-bond donors (Lipinski definition) is 1. The maximum atomic E-state index is 13.6. The fourth-order valence-electron chi connectivity index (χ4n) is 1.86. The van der Waals surface area contributed by atoms with E-state index in [9.17, 15) is 8.78 Å². The Hall–Kier alpha value is -1.45. The van der Waals surface area contributed by atoms with Gasteiger partial charge in [0, 0.05) is 18.2 Å². The molecular weight excluding hydrogens is 268 g/mol. The molecule has 0 saturated carbocycles. The zero-order valence-electron chi connectivity index (χ0n) is 10.5. The first-order valence-corrected chi connectivity index (χ1v) is 6.37. The Bertz CT molecular complexity index is 572. The summed E-state index contributed by atoms with van der Waals surface area (Å²) >= 11 is 5.71. The predicted octanol–water partition coefficient (Wildman–Crippen LogP) is 4.47. The van der Waals surface area contributed by atoms with Crippen LogP contribution in [0.2, 0.25) is 5.02 Å². The molecule has 19 heavy (non-hydrogen) atoms. The Labute approximate surface area is 116 Å². The molecule has 1 nitrogen and oxygen atoms in total. The van der Waals surface area contributed by atoms with E-state index in [0.717, 1.165) is 5.56 Å². The second-order valence-electron chi connectivity index (χ2n) is 4.37. The molecule has 0 aliphatic rings. The molecule has 0 spiro atoms. The van der Waals surface area contributed by atoms with Crippen molar-refractivity contribution < 1.29 is 8.78 Å². The van der Waals surface area contributed by atoms with E-state index in [2.05, 4.69) is 5.32 Å². The van der Waals surface area contributed by atoms with Crippen LogP contribution in [0.3, 0.4) is 0 Å². The monoisotopic (exact) mass is 281 g/mol. The smallest absolute Gasteiger partial charge is 0.141 e. The Morgan fingerprint density at radius 3 is 2.53 bits per heavy atom. The van der Waals surface area contributed by atoms with Gasteiger partial charge in [-0.15, -0.1) is 0 Å². The highest BCUT2D eigenvalue weighted by Crippen LogP contribution is 2.19. The van der Waals surface area contributed by atoms with Crippen LogP contribution in [-0.4, -0.2) is 0 Å². The van der Waals surface area contributed by atoms with Gasteiger partial charge in [-0.2, -0.15) is 0 Å². The fraction of sp³-hybridized carbons (Fsp3) is 0.200. The molecule has 0 fully saturated rings. The molecule has 100 valence electrons. The molecule has 0 aliphatic heterocycles. The van der Waals surface area contributed by atoms with Crippen LogP contribution in [-0.2, 0) is 6.54 Å². The first-order valence-electron chi connectivity index (χ1n) is 5.99. The molecule has 4 heteroatoms. The SMILES string of the molecule is C[C@@H](NCc1ccc(F)c(Cl)c1)c1ccccc1F. The van der Waals surface area contributed by atoms with E-state index in [1.54, 1.807) is 30.3 Å². The van der Waals surface area contributed by atoms with E-state index in [1.165, 1.54) is 12.1 Å². The first-order chi connectivity index (χ1) is 9.08. The average molecular weight is 282 g/mol. The summed E-state index contributed by atoms with van der Waals surface area (Å²) in [6.07, 6.45) is 0. The number of rotatable bonds is 4. The summed E-state index contributed by atoms with van der Waals surface area (Å²) in [7, 11) is 0. The van der Waals surface area contributed by atoms with Crippen molar-refractivity contribution in [2.45, 2.75) is 19.5 Å². The summed E-state index contributed by atoms with van der Waals surface area (Å²) < 4.78 is 26.6. The number of hydrogen-bond acceptors (Lipinski definition) is 1. The predicted molar refractivity (Wildman–Crippen MR) is 73.1 cm³/mol. The molecular formula is C15H14ClF2N. The van der Waals surface area contributed by atoms with Gasteiger partial charge in [0.1, 0.15) is 11.6 Å². The number of nitrogens with one attached hydrogen (secondary N) is 1. The van der Waals surface area contributed by atoms with Gasteiger partial charge in [0.2, 0.25) is 0 Å². The Morgan fingerprint density at radius 1 is 1.11 bits per heavy atom. The van der Waals surface area contributed by atoms with Crippen LogP contribution in [0.15, 0.2) is 42.5 Å². The van der Waals surface area contributed by atoms with E-state index in [1.807, 2.05) is 6.92 Å². The van der Waals surface area contributed by atoms with Crippen molar-refractivity contribution in [1.82, 2.24) is 5.32 Å². The molecule has 0 aliphatic carbocycles. The molecule has 0 amide bonds. The lowest BCUT2D eigenvalue weighted by atomic mass is 10.1. The minimum Gasteiger partial charge on any atom is -0.306 e. The quantitative estimate of drug-likeness (QED) is 0.872. The minimum atomic E-state index is -0.437. The zero-order chi connectivity index (χ0) is 13.8. The molecule has 0 saturated heterocycles. The van der Waals surface area contributed by atoms with Gasteiger partial charge in [0.05, 0.1) is 5.02 Å². The molecule has 1 atom stereocenters. The van der Waals surface area contributed by atoms with Crippen molar-refractivity contribution >= 4 is 11.6 Å². The van der Waals surface area contributed by atoms with Crippen molar-refractivity contribution in [1.29, 1.82) is 0 Å². The number of halogens is 3. The minimum absolute atomic E-state index is 0.0952. The number of benzene rings is 2. The van der Waals surface area contributed by atoms with E-state index in [0.29, 0.717) is 12.1 Å². The lowest BCUT2D eigenvalue weighted by Gasteiger charge is -2.15. The van der Waals surface area contributed by atoms with Crippen molar-refractivity contribution in [3.8, 4) is 0 Å². The van der Waals surface area contributed by atoms with E-state index in [4.69, 9.17) is 11.6 Å². The van der Waals surface area contributed by atoms with Gasteiger partial charge < -0.3 is 5.32 Å². The topological polar surface area (TPSA) is 12.0 Å². The highest BCUT2D eigenvalue weighted by atomic mass is 35.5. The summed E-state index contributed by atoms with van der Waals surface area (Å²) in [6, 6.07) is 11.0. The van der Waals surface area contributed by atoms with Crippen molar-refractivity contribution in [2.75, 3.05) is 0 Å². The van der Waals surface area contributed by atoms with Crippen LogP contribution in [0.1, 0.15) is 24.1 Å². The second-order valence-corrected chi connectivity index (χ2v) is 4.78. The maximum absolute atomic E-state index is 13.6. The molecule has 2 aromatic rings. The largest absolute Gasteiger partial charge is 0.306 e. The van der Waals surface area contributed by atoms with Crippen LogP contribution < -0.4 is 5.32 Å². The zero-order valence-corrected chi connectivity index (χ0v) is 11.2. The molecule has 2 aromatic carbocycles. The standard InChI is InChI=1S/C15H14ClF2N/c1-10(12-4-2-3-5-14(12)17)19-9-11-6-7-15(18)13(16)8-11/h2-8,10,19H,9H2,1H3/t10-/m1/s1. The third-order valence-electron chi connectivity index (χ3n) is 2.97. The van der Waals surface area contributed by atoms with Crippen LogP contribution in [0.25, 0.3) is 0 Å². The third-order valence-corrected chi connectivity index (χ3v) is 3.26. The lowest BCUT2D eigenvalue weighted by Crippen LogP contribution is -2.19.